The molecular formula is C27H30N2O6. The Balaban J connectivity index is 1.26. The van der Waals surface area contributed by atoms with E-state index in [1.54, 1.807) is 13.0 Å². The van der Waals surface area contributed by atoms with Crippen LogP contribution in [0.1, 0.15) is 36.8 Å². The Morgan fingerprint density at radius 2 is 1.63 bits per heavy atom. The van der Waals surface area contributed by atoms with Crippen LogP contribution < -0.4 is 10.6 Å². The zero-order chi connectivity index (χ0) is 24.8. The summed E-state index contributed by atoms with van der Waals surface area (Å²) in [5.41, 5.74) is 3.97. The minimum atomic E-state index is -1.01. The highest BCUT2D eigenvalue weighted by atomic mass is 16.5. The van der Waals surface area contributed by atoms with Gasteiger partial charge in [-0.25, -0.2) is 4.79 Å². The van der Waals surface area contributed by atoms with Gasteiger partial charge < -0.3 is 25.2 Å². The number of aliphatic carboxylic acids is 1. The van der Waals surface area contributed by atoms with Crippen molar-refractivity contribution in [2.45, 2.75) is 25.7 Å². The van der Waals surface area contributed by atoms with Crippen molar-refractivity contribution in [3.05, 3.63) is 71.3 Å². The number of carbonyl (C=O) groups is 3. The maximum absolute atomic E-state index is 12.4. The summed E-state index contributed by atoms with van der Waals surface area (Å²) >= 11 is 0. The minimum absolute atomic E-state index is 0.0250. The normalized spacial score (nSPS) is 16.7. The third-order valence-electron chi connectivity index (χ3n) is 6.85. The van der Waals surface area contributed by atoms with Gasteiger partial charge in [-0.1, -0.05) is 54.6 Å². The maximum atomic E-state index is 12.4. The van der Waals surface area contributed by atoms with E-state index in [1.165, 1.54) is 0 Å². The molecule has 1 fully saturated rings. The highest BCUT2D eigenvalue weighted by Crippen LogP contribution is 2.44. The third-order valence-corrected chi connectivity index (χ3v) is 6.85. The van der Waals surface area contributed by atoms with Gasteiger partial charge in [0.25, 0.3) is 0 Å². The molecule has 1 saturated heterocycles. The van der Waals surface area contributed by atoms with E-state index in [4.69, 9.17) is 9.47 Å². The molecule has 1 heterocycles. The van der Waals surface area contributed by atoms with Crippen LogP contribution in [0, 0.1) is 5.41 Å². The SMILES string of the molecule is C/C(=C\CNC(=O)OCC1c2ccccc2-c2ccccc21)C(=O)NCC1(C(=O)O)CCOCC1. The molecule has 184 valence electrons. The van der Waals surface area contributed by atoms with Crippen molar-refractivity contribution in [3.63, 3.8) is 0 Å². The number of benzene rings is 2. The summed E-state index contributed by atoms with van der Waals surface area (Å²) in [7, 11) is 0. The van der Waals surface area contributed by atoms with Crippen molar-refractivity contribution in [2.24, 2.45) is 5.41 Å². The first kappa shape index (κ1) is 24.5. The Bertz CT molecular complexity index is 1090. The summed E-state index contributed by atoms with van der Waals surface area (Å²) in [6, 6.07) is 16.2. The lowest BCUT2D eigenvalue weighted by Crippen LogP contribution is -2.46. The lowest BCUT2D eigenvalue weighted by molar-refractivity contribution is -0.154. The number of nitrogens with one attached hydrogen (secondary N) is 2. The van der Waals surface area contributed by atoms with Gasteiger partial charge in [0.1, 0.15) is 6.61 Å². The summed E-state index contributed by atoms with van der Waals surface area (Å²) in [4.78, 5) is 36.4. The van der Waals surface area contributed by atoms with Crippen LogP contribution in [0.25, 0.3) is 11.1 Å². The van der Waals surface area contributed by atoms with E-state index in [9.17, 15) is 19.5 Å². The number of amides is 2. The molecule has 4 rings (SSSR count). The molecule has 1 aliphatic carbocycles. The number of carboxylic acids is 1. The Morgan fingerprint density at radius 1 is 1.03 bits per heavy atom. The number of carbonyl (C=O) groups excluding carboxylic acids is 2. The van der Waals surface area contributed by atoms with E-state index < -0.39 is 17.5 Å². The summed E-state index contributed by atoms with van der Waals surface area (Å²) in [5.74, 6) is -1.32. The lowest BCUT2D eigenvalue weighted by atomic mass is 9.80. The van der Waals surface area contributed by atoms with Crippen molar-refractivity contribution in [2.75, 3.05) is 32.9 Å². The predicted molar refractivity (Wildman–Crippen MR) is 130 cm³/mol. The first-order chi connectivity index (χ1) is 16.9. The second-order valence-electron chi connectivity index (χ2n) is 8.97. The van der Waals surface area contributed by atoms with Crippen LogP contribution in [0.4, 0.5) is 4.79 Å². The van der Waals surface area contributed by atoms with Gasteiger partial charge in [-0.15, -0.1) is 0 Å². The quantitative estimate of drug-likeness (QED) is 0.501. The van der Waals surface area contributed by atoms with Crippen LogP contribution in [0.5, 0.6) is 0 Å². The summed E-state index contributed by atoms with van der Waals surface area (Å²) < 4.78 is 10.7. The van der Waals surface area contributed by atoms with Gasteiger partial charge in [0, 0.05) is 37.8 Å². The fourth-order valence-electron chi connectivity index (χ4n) is 4.65. The third kappa shape index (κ3) is 5.38. The van der Waals surface area contributed by atoms with Gasteiger partial charge in [0.15, 0.2) is 0 Å². The Morgan fingerprint density at radius 3 is 2.23 bits per heavy atom. The van der Waals surface area contributed by atoms with Crippen LogP contribution in [0.15, 0.2) is 60.2 Å². The van der Waals surface area contributed by atoms with Crippen molar-refractivity contribution < 1.29 is 29.0 Å². The molecule has 8 heteroatoms. The maximum Gasteiger partial charge on any atom is 0.407 e. The molecule has 8 nitrogen and oxygen atoms in total. The Kier molecular flexibility index (Phi) is 7.51. The van der Waals surface area contributed by atoms with E-state index in [1.807, 2.05) is 24.3 Å². The van der Waals surface area contributed by atoms with Crippen LogP contribution in [0.2, 0.25) is 0 Å². The highest BCUT2D eigenvalue weighted by Gasteiger charge is 2.40. The van der Waals surface area contributed by atoms with Crippen LogP contribution >= 0.6 is 0 Å². The topological polar surface area (TPSA) is 114 Å². The molecule has 0 bridgehead atoms. The van der Waals surface area contributed by atoms with E-state index in [-0.39, 0.29) is 31.5 Å². The number of hydrogen-bond acceptors (Lipinski definition) is 5. The molecular weight excluding hydrogens is 448 g/mol. The highest BCUT2D eigenvalue weighted by molar-refractivity contribution is 5.93. The van der Waals surface area contributed by atoms with Gasteiger partial charge in [0.2, 0.25) is 5.91 Å². The van der Waals surface area contributed by atoms with E-state index in [0.29, 0.717) is 31.6 Å². The number of rotatable bonds is 8. The molecule has 0 aromatic heterocycles. The molecule has 35 heavy (non-hydrogen) atoms. The molecule has 1 aliphatic heterocycles. The minimum Gasteiger partial charge on any atom is -0.481 e. The Hall–Kier alpha value is -3.65. The summed E-state index contributed by atoms with van der Waals surface area (Å²) in [5, 5.41) is 14.9. The summed E-state index contributed by atoms with van der Waals surface area (Å²) in [6.45, 7) is 2.71. The van der Waals surface area contributed by atoms with Gasteiger partial charge >= 0.3 is 12.1 Å². The fraction of sp³-hybridized carbons (Fsp3) is 0.370. The standard InChI is InChI=1S/C27H30N2O6/c1-18(24(30)29-17-27(25(31)32)11-14-34-15-12-27)10-13-28-26(33)35-16-23-21-8-4-2-6-19(21)20-7-3-5-9-22(20)23/h2-10,23H,11-17H2,1H3,(H,28,33)(H,29,30)(H,31,32)/b18-10+. The van der Waals surface area contributed by atoms with Crippen molar-refractivity contribution in [1.29, 1.82) is 0 Å². The van der Waals surface area contributed by atoms with Crippen molar-refractivity contribution in [3.8, 4) is 11.1 Å². The van der Waals surface area contributed by atoms with E-state index >= 15 is 0 Å². The van der Waals surface area contributed by atoms with Gasteiger partial charge in [0.05, 0.1) is 5.41 Å². The van der Waals surface area contributed by atoms with Crippen molar-refractivity contribution in [1.82, 2.24) is 10.6 Å². The molecule has 2 aliphatic rings. The number of carboxylic acid groups (broad SMARTS) is 1. The second kappa shape index (κ2) is 10.7. The Labute approximate surface area is 204 Å². The second-order valence-corrected chi connectivity index (χ2v) is 8.97. The zero-order valence-electron chi connectivity index (χ0n) is 19.7. The predicted octanol–water partition coefficient (Wildman–Crippen LogP) is 3.47. The molecule has 2 aromatic rings. The van der Waals surface area contributed by atoms with Crippen LogP contribution in [-0.2, 0) is 19.1 Å². The largest absolute Gasteiger partial charge is 0.481 e. The average Bonchev–Trinajstić information content (AvgIpc) is 3.20. The summed E-state index contributed by atoms with van der Waals surface area (Å²) in [6.07, 6.45) is 1.72. The zero-order valence-corrected chi connectivity index (χ0v) is 19.7. The van der Waals surface area contributed by atoms with Crippen LogP contribution in [-0.4, -0.2) is 56.0 Å². The number of hydrogen-bond donors (Lipinski definition) is 3. The van der Waals surface area contributed by atoms with Gasteiger partial charge in [-0.05, 0) is 42.0 Å². The molecule has 0 unspecified atom stereocenters. The van der Waals surface area contributed by atoms with Gasteiger partial charge in [-0.3, -0.25) is 9.59 Å². The smallest absolute Gasteiger partial charge is 0.407 e. The molecule has 0 radical (unpaired) electrons. The fourth-order valence-corrected chi connectivity index (χ4v) is 4.65. The lowest BCUT2D eigenvalue weighted by Gasteiger charge is -2.33. The number of fused-ring (bicyclic) bond motifs is 3. The average molecular weight is 479 g/mol. The molecule has 0 spiro atoms. The first-order valence-corrected chi connectivity index (χ1v) is 11.8. The monoisotopic (exact) mass is 478 g/mol. The van der Waals surface area contributed by atoms with Crippen LogP contribution in [0.3, 0.4) is 0 Å². The molecule has 2 amide bonds. The number of ether oxygens (including phenoxy) is 2. The molecule has 2 aromatic carbocycles. The van der Waals surface area contributed by atoms with Gasteiger partial charge in [-0.2, -0.15) is 0 Å². The van der Waals surface area contributed by atoms with E-state index in [2.05, 4.69) is 34.9 Å². The first-order valence-electron chi connectivity index (χ1n) is 11.8. The molecule has 0 atom stereocenters. The molecule has 3 N–H and O–H groups in total. The number of alkyl carbamates (subject to hydrolysis) is 1. The van der Waals surface area contributed by atoms with Crippen molar-refractivity contribution >= 4 is 18.0 Å². The molecule has 0 saturated carbocycles. The van der Waals surface area contributed by atoms with E-state index in [0.717, 1.165) is 22.3 Å².